The lowest BCUT2D eigenvalue weighted by molar-refractivity contribution is -0.134. The number of halogens is 2. The number of aromatic nitrogens is 3. The van der Waals surface area contributed by atoms with Gasteiger partial charge in [0.25, 0.3) is 0 Å². The summed E-state index contributed by atoms with van der Waals surface area (Å²) in [6.07, 6.45) is 1.71. The molecule has 0 bridgehead atoms. The highest BCUT2D eigenvalue weighted by atomic mass is 35.5. The van der Waals surface area contributed by atoms with Crippen LogP contribution in [0.1, 0.15) is 29.8 Å². The standard InChI is InChI=1S/C24H20ClFN4O3S/c1-15(30-10-9-20-21(26)3-2-4-22(20)30)24(31)29-12-16-5-7-19(11-17(16)13-29)34(32,33)14-18-6-8-23(25)28-27-18/h2-11,15H,12-14H2,1H3/t15-/m1/s1. The first-order valence-electron chi connectivity index (χ1n) is 10.6. The van der Waals surface area contributed by atoms with Gasteiger partial charge in [-0.1, -0.05) is 23.7 Å². The van der Waals surface area contributed by atoms with Crippen LogP contribution < -0.4 is 0 Å². The van der Waals surface area contributed by atoms with Crippen molar-refractivity contribution in [1.82, 2.24) is 19.7 Å². The maximum Gasteiger partial charge on any atom is 0.245 e. The maximum absolute atomic E-state index is 14.1. The maximum atomic E-state index is 14.1. The Morgan fingerprint density at radius 1 is 1.09 bits per heavy atom. The number of benzene rings is 2. The molecule has 174 valence electrons. The first kappa shape index (κ1) is 22.5. The van der Waals surface area contributed by atoms with E-state index in [1.807, 2.05) is 0 Å². The molecule has 7 nitrogen and oxygen atoms in total. The van der Waals surface area contributed by atoms with Crippen molar-refractivity contribution in [1.29, 1.82) is 0 Å². The number of fused-ring (bicyclic) bond motifs is 2. The minimum absolute atomic E-state index is 0.126. The minimum Gasteiger partial charge on any atom is -0.335 e. The van der Waals surface area contributed by atoms with Gasteiger partial charge in [-0.25, -0.2) is 12.8 Å². The lowest BCUT2D eigenvalue weighted by Gasteiger charge is -2.22. The van der Waals surface area contributed by atoms with Crippen molar-refractivity contribution in [3.8, 4) is 0 Å². The zero-order valence-electron chi connectivity index (χ0n) is 18.1. The minimum atomic E-state index is -3.65. The van der Waals surface area contributed by atoms with Crippen LogP contribution >= 0.6 is 11.6 Å². The largest absolute Gasteiger partial charge is 0.335 e. The third-order valence-electron chi connectivity index (χ3n) is 6.08. The Morgan fingerprint density at radius 3 is 2.65 bits per heavy atom. The molecule has 3 heterocycles. The summed E-state index contributed by atoms with van der Waals surface area (Å²) >= 11 is 5.72. The van der Waals surface area contributed by atoms with Gasteiger partial charge in [0.1, 0.15) is 11.9 Å². The molecule has 0 fully saturated rings. The van der Waals surface area contributed by atoms with E-state index in [1.54, 1.807) is 59.0 Å². The number of hydrogen-bond donors (Lipinski definition) is 0. The summed E-state index contributed by atoms with van der Waals surface area (Å²) < 4.78 is 41.6. The Balaban J connectivity index is 1.35. The van der Waals surface area contributed by atoms with Crippen LogP contribution in [-0.2, 0) is 33.5 Å². The molecule has 0 unspecified atom stereocenters. The van der Waals surface area contributed by atoms with E-state index in [2.05, 4.69) is 10.2 Å². The third-order valence-corrected chi connectivity index (χ3v) is 7.93. The molecule has 0 spiro atoms. The smallest absolute Gasteiger partial charge is 0.245 e. The average molecular weight is 499 g/mol. The van der Waals surface area contributed by atoms with Crippen LogP contribution in [0, 0.1) is 5.82 Å². The molecular formula is C24H20ClFN4O3S. The van der Waals surface area contributed by atoms with Crippen LogP contribution in [0.5, 0.6) is 0 Å². The second-order valence-electron chi connectivity index (χ2n) is 8.30. The van der Waals surface area contributed by atoms with Crippen molar-refractivity contribution >= 4 is 38.2 Å². The van der Waals surface area contributed by atoms with E-state index < -0.39 is 15.9 Å². The molecule has 4 aromatic rings. The number of nitrogens with zero attached hydrogens (tertiary/aromatic N) is 4. The van der Waals surface area contributed by atoms with Gasteiger partial charge in [-0.2, -0.15) is 5.10 Å². The Morgan fingerprint density at radius 2 is 1.88 bits per heavy atom. The van der Waals surface area contributed by atoms with Gasteiger partial charge in [-0.3, -0.25) is 4.79 Å². The zero-order chi connectivity index (χ0) is 24.0. The molecule has 0 radical (unpaired) electrons. The Kier molecular flexibility index (Phi) is 5.61. The second kappa shape index (κ2) is 8.48. The predicted octanol–water partition coefficient (Wildman–Crippen LogP) is 4.30. The van der Waals surface area contributed by atoms with Crippen molar-refractivity contribution in [2.24, 2.45) is 0 Å². The van der Waals surface area contributed by atoms with Crippen LogP contribution in [0.15, 0.2) is 65.7 Å². The van der Waals surface area contributed by atoms with E-state index in [0.29, 0.717) is 29.7 Å². The van der Waals surface area contributed by atoms with Crippen molar-refractivity contribution < 1.29 is 17.6 Å². The summed E-state index contributed by atoms with van der Waals surface area (Å²) in [4.78, 5) is 15.1. The van der Waals surface area contributed by atoms with Gasteiger partial charge in [-0.15, -0.1) is 5.10 Å². The monoisotopic (exact) mass is 498 g/mol. The molecule has 10 heteroatoms. The molecule has 0 saturated heterocycles. The predicted molar refractivity (Wildman–Crippen MR) is 125 cm³/mol. The topological polar surface area (TPSA) is 85.2 Å². The first-order valence-corrected chi connectivity index (χ1v) is 12.6. The number of carbonyl (C=O) groups is 1. The van der Waals surface area contributed by atoms with E-state index in [1.165, 1.54) is 18.2 Å². The fourth-order valence-corrected chi connectivity index (χ4v) is 5.70. The van der Waals surface area contributed by atoms with E-state index in [0.717, 1.165) is 11.1 Å². The number of carbonyl (C=O) groups excluding carboxylic acids is 1. The molecule has 1 aliphatic heterocycles. The highest BCUT2D eigenvalue weighted by Crippen LogP contribution is 2.30. The summed E-state index contributed by atoms with van der Waals surface area (Å²) in [6.45, 7) is 2.46. The van der Waals surface area contributed by atoms with Gasteiger partial charge in [0.15, 0.2) is 15.0 Å². The van der Waals surface area contributed by atoms with Crippen molar-refractivity contribution in [3.05, 3.63) is 88.6 Å². The number of amides is 1. The third kappa shape index (κ3) is 4.05. The van der Waals surface area contributed by atoms with Crippen molar-refractivity contribution in [2.75, 3.05) is 0 Å². The average Bonchev–Trinajstić information content (AvgIpc) is 3.44. The summed E-state index contributed by atoms with van der Waals surface area (Å²) in [7, 11) is -3.65. The molecule has 0 saturated carbocycles. The molecule has 0 N–H and O–H groups in total. The van der Waals surface area contributed by atoms with Crippen LogP contribution in [0.4, 0.5) is 4.39 Å². The summed E-state index contributed by atoms with van der Waals surface area (Å²) in [5, 5.41) is 8.17. The van der Waals surface area contributed by atoms with Crippen LogP contribution in [0.25, 0.3) is 10.9 Å². The van der Waals surface area contributed by atoms with E-state index in [4.69, 9.17) is 11.6 Å². The van der Waals surface area contributed by atoms with E-state index in [9.17, 15) is 17.6 Å². The molecule has 5 rings (SSSR count). The van der Waals surface area contributed by atoms with Gasteiger partial charge < -0.3 is 9.47 Å². The van der Waals surface area contributed by atoms with Crippen LogP contribution in [0.3, 0.4) is 0 Å². The molecule has 1 aliphatic rings. The van der Waals surface area contributed by atoms with Crippen LogP contribution in [-0.4, -0.2) is 34.0 Å². The number of sulfone groups is 1. The summed E-state index contributed by atoms with van der Waals surface area (Å²) in [5.41, 5.74) is 2.63. The van der Waals surface area contributed by atoms with E-state index >= 15 is 0 Å². The normalized spacial score (nSPS) is 14.4. The fourth-order valence-electron chi connectivity index (χ4n) is 4.29. The van der Waals surface area contributed by atoms with Gasteiger partial charge in [0.05, 0.1) is 21.9 Å². The van der Waals surface area contributed by atoms with Gasteiger partial charge in [0.2, 0.25) is 5.91 Å². The quantitative estimate of drug-likeness (QED) is 0.409. The molecule has 34 heavy (non-hydrogen) atoms. The molecule has 0 aliphatic carbocycles. The van der Waals surface area contributed by atoms with Crippen LogP contribution in [0.2, 0.25) is 5.15 Å². The molecule has 2 aromatic carbocycles. The second-order valence-corrected chi connectivity index (χ2v) is 10.7. The van der Waals surface area contributed by atoms with Crippen molar-refractivity contribution in [2.45, 2.75) is 36.7 Å². The molecule has 2 aromatic heterocycles. The zero-order valence-corrected chi connectivity index (χ0v) is 19.7. The SMILES string of the molecule is C[C@H](C(=O)N1Cc2ccc(S(=O)(=O)Cc3ccc(Cl)nn3)cc2C1)n1ccc2c(F)cccc21. The fraction of sp³-hybridized carbons (Fsp3) is 0.208. The van der Waals surface area contributed by atoms with Gasteiger partial charge in [0, 0.05) is 24.7 Å². The number of rotatable bonds is 5. The number of hydrogen-bond acceptors (Lipinski definition) is 5. The Labute approximate surface area is 200 Å². The van der Waals surface area contributed by atoms with E-state index in [-0.39, 0.29) is 27.5 Å². The van der Waals surface area contributed by atoms with Gasteiger partial charge in [-0.05, 0) is 60.5 Å². The van der Waals surface area contributed by atoms with Gasteiger partial charge >= 0.3 is 0 Å². The summed E-state index contributed by atoms with van der Waals surface area (Å²) in [5.74, 6) is -0.756. The highest BCUT2D eigenvalue weighted by molar-refractivity contribution is 7.90. The highest BCUT2D eigenvalue weighted by Gasteiger charge is 2.29. The first-order chi connectivity index (χ1) is 16.2. The molecule has 1 atom stereocenters. The van der Waals surface area contributed by atoms with Crippen molar-refractivity contribution in [3.63, 3.8) is 0 Å². The Bertz CT molecular complexity index is 1520. The summed E-state index contributed by atoms with van der Waals surface area (Å²) in [6, 6.07) is 13.8. The lowest BCUT2D eigenvalue weighted by atomic mass is 10.1. The lowest BCUT2D eigenvalue weighted by Crippen LogP contribution is -2.32. The molecule has 1 amide bonds. The Hall–Kier alpha value is -3.30. The molecular weight excluding hydrogens is 479 g/mol.